The van der Waals surface area contributed by atoms with Crippen LogP contribution in [0.4, 0.5) is 5.82 Å². The summed E-state index contributed by atoms with van der Waals surface area (Å²) >= 11 is 5.80. The minimum atomic E-state index is -3.08. The third kappa shape index (κ3) is 5.65. The normalized spacial score (nSPS) is 27.3. The van der Waals surface area contributed by atoms with E-state index in [4.69, 9.17) is 11.6 Å². The number of carbonyl (C=O) groups excluding carboxylic acids is 2. The number of likely N-dealkylation sites (tertiary alicyclic amines) is 1. The Morgan fingerprint density at radius 2 is 2.18 bits per heavy atom. The molecular formula is C18H25ClN4O4S. The fraction of sp³-hybridized carbons (Fsp3) is 0.611. The van der Waals surface area contributed by atoms with Gasteiger partial charge < -0.3 is 10.6 Å². The molecule has 2 aliphatic rings. The minimum Gasteiger partial charge on any atom is -0.349 e. The average Bonchev–Trinajstić information content (AvgIpc) is 2.89. The number of aromatic nitrogens is 1. The van der Waals surface area contributed by atoms with Gasteiger partial charge in [0.1, 0.15) is 5.82 Å². The van der Waals surface area contributed by atoms with Crippen molar-refractivity contribution >= 4 is 39.1 Å². The third-order valence-electron chi connectivity index (χ3n) is 5.17. The molecule has 3 rings (SSSR count). The van der Waals surface area contributed by atoms with Crippen molar-refractivity contribution in [3.8, 4) is 0 Å². The zero-order valence-corrected chi connectivity index (χ0v) is 17.4. The highest BCUT2D eigenvalue weighted by Crippen LogP contribution is 2.23. The molecule has 28 heavy (non-hydrogen) atoms. The van der Waals surface area contributed by atoms with E-state index in [1.807, 2.05) is 4.90 Å². The van der Waals surface area contributed by atoms with Gasteiger partial charge in [0.15, 0.2) is 9.84 Å². The molecule has 0 spiro atoms. The van der Waals surface area contributed by atoms with Crippen LogP contribution in [0, 0.1) is 5.92 Å². The van der Waals surface area contributed by atoms with Crippen molar-refractivity contribution in [3.63, 3.8) is 0 Å². The van der Waals surface area contributed by atoms with Crippen LogP contribution in [0.1, 0.15) is 26.2 Å². The first-order chi connectivity index (χ1) is 13.1. The lowest BCUT2D eigenvalue weighted by atomic mass is 9.97. The first-order valence-corrected chi connectivity index (χ1v) is 11.5. The van der Waals surface area contributed by atoms with Gasteiger partial charge in [0.2, 0.25) is 11.8 Å². The summed E-state index contributed by atoms with van der Waals surface area (Å²) in [6.45, 7) is 3.12. The molecule has 2 saturated heterocycles. The third-order valence-corrected chi connectivity index (χ3v) is 7.29. The molecule has 2 amide bonds. The van der Waals surface area contributed by atoms with Gasteiger partial charge >= 0.3 is 0 Å². The van der Waals surface area contributed by atoms with Crippen molar-refractivity contribution in [1.29, 1.82) is 0 Å². The summed E-state index contributed by atoms with van der Waals surface area (Å²) in [6, 6.07) is 3.30. The molecule has 0 unspecified atom stereocenters. The Bertz CT molecular complexity index is 846. The van der Waals surface area contributed by atoms with E-state index in [1.165, 1.54) is 6.20 Å². The van der Waals surface area contributed by atoms with Crippen LogP contribution in [0.5, 0.6) is 0 Å². The predicted molar refractivity (Wildman–Crippen MR) is 107 cm³/mol. The van der Waals surface area contributed by atoms with Crippen LogP contribution >= 0.6 is 11.6 Å². The summed E-state index contributed by atoms with van der Waals surface area (Å²) in [5.41, 5.74) is -0.706. The van der Waals surface area contributed by atoms with Crippen molar-refractivity contribution in [2.45, 2.75) is 31.7 Å². The Morgan fingerprint density at radius 3 is 2.82 bits per heavy atom. The number of sulfone groups is 1. The van der Waals surface area contributed by atoms with Crippen LogP contribution < -0.4 is 10.6 Å². The van der Waals surface area contributed by atoms with Crippen LogP contribution in [0.25, 0.3) is 0 Å². The molecule has 2 aliphatic heterocycles. The van der Waals surface area contributed by atoms with Gasteiger partial charge in [-0.25, -0.2) is 13.4 Å². The Hall–Kier alpha value is -1.71. The number of hydrogen-bond donors (Lipinski definition) is 2. The maximum atomic E-state index is 12.5. The highest BCUT2D eigenvalue weighted by Gasteiger charge is 2.39. The molecule has 0 radical (unpaired) electrons. The molecule has 0 bridgehead atoms. The number of rotatable bonds is 5. The monoisotopic (exact) mass is 428 g/mol. The summed E-state index contributed by atoms with van der Waals surface area (Å²) in [6.07, 6.45) is 3.46. The molecule has 1 aromatic heterocycles. The average molecular weight is 429 g/mol. The highest BCUT2D eigenvalue weighted by atomic mass is 35.5. The molecule has 10 heteroatoms. The van der Waals surface area contributed by atoms with Gasteiger partial charge in [-0.15, -0.1) is 0 Å². The topological polar surface area (TPSA) is 108 Å². The lowest BCUT2D eigenvalue weighted by Gasteiger charge is -2.32. The second-order valence-electron chi connectivity index (χ2n) is 7.88. The van der Waals surface area contributed by atoms with Crippen LogP contribution in [0.2, 0.25) is 5.02 Å². The summed E-state index contributed by atoms with van der Waals surface area (Å²) < 4.78 is 23.4. The maximum Gasteiger partial charge on any atom is 0.234 e. The molecule has 3 heterocycles. The maximum absolute atomic E-state index is 12.5. The van der Waals surface area contributed by atoms with Gasteiger partial charge in [-0.1, -0.05) is 11.6 Å². The lowest BCUT2D eigenvalue weighted by molar-refractivity contribution is -0.126. The summed E-state index contributed by atoms with van der Waals surface area (Å²) in [5, 5.41) is 6.15. The molecule has 0 saturated carbocycles. The predicted octanol–water partition coefficient (Wildman–Crippen LogP) is 1.08. The molecule has 2 atom stereocenters. The molecule has 1 aromatic rings. The fourth-order valence-corrected chi connectivity index (χ4v) is 5.98. The molecule has 154 valence electrons. The van der Waals surface area contributed by atoms with E-state index < -0.39 is 15.4 Å². The van der Waals surface area contributed by atoms with E-state index in [0.29, 0.717) is 23.8 Å². The van der Waals surface area contributed by atoms with Crippen molar-refractivity contribution in [3.05, 3.63) is 23.4 Å². The molecular weight excluding hydrogens is 404 g/mol. The van der Waals surface area contributed by atoms with Crippen LogP contribution in [-0.4, -0.2) is 66.8 Å². The zero-order valence-electron chi connectivity index (χ0n) is 15.8. The minimum absolute atomic E-state index is 0.0230. The number of hydrogen-bond acceptors (Lipinski definition) is 6. The van der Waals surface area contributed by atoms with Crippen molar-refractivity contribution < 1.29 is 18.0 Å². The molecule has 2 fully saturated rings. The Labute approximate surface area is 169 Å². The standard InChI is InChI=1S/C18H25ClN4O4S/c1-18(6-8-28(26,27)12-18)22-16(24)11-23-7-2-3-13(10-23)17(25)21-15-5-4-14(19)9-20-15/h4-5,9,13H,2-3,6-8,10-12H2,1H3,(H,22,24)(H,20,21,25)/t13-,18-/m1/s1. The van der Waals surface area contributed by atoms with Crippen molar-refractivity contribution in [2.24, 2.45) is 5.92 Å². The molecule has 8 nitrogen and oxygen atoms in total. The van der Waals surface area contributed by atoms with Gasteiger partial charge in [-0.3, -0.25) is 14.5 Å². The van der Waals surface area contributed by atoms with Crippen molar-refractivity contribution in [1.82, 2.24) is 15.2 Å². The largest absolute Gasteiger partial charge is 0.349 e. The number of nitrogens with one attached hydrogen (secondary N) is 2. The second-order valence-corrected chi connectivity index (χ2v) is 10.5. The Balaban J connectivity index is 1.51. The number of carbonyl (C=O) groups is 2. The number of piperidine rings is 1. The number of nitrogens with zero attached hydrogens (tertiary/aromatic N) is 2. The fourth-order valence-electron chi connectivity index (χ4n) is 3.78. The van der Waals surface area contributed by atoms with Gasteiger partial charge in [-0.2, -0.15) is 0 Å². The van der Waals surface area contributed by atoms with E-state index in [-0.39, 0.29) is 35.8 Å². The van der Waals surface area contributed by atoms with Gasteiger partial charge in [0.05, 0.1) is 34.5 Å². The van der Waals surface area contributed by atoms with Gasteiger partial charge in [0.25, 0.3) is 0 Å². The van der Waals surface area contributed by atoms with E-state index >= 15 is 0 Å². The van der Waals surface area contributed by atoms with E-state index in [1.54, 1.807) is 19.1 Å². The smallest absolute Gasteiger partial charge is 0.234 e. The van der Waals surface area contributed by atoms with Crippen molar-refractivity contribution in [2.75, 3.05) is 36.5 Å². The molecule has 0 aliphatic carbocycles. The first kappa shape index (κ1) is 21.0. The summed E-state index contributed by atoms with van der Waals surface area (Å²) in [4.78, 5) is 30.9. The van der Waals surface area contributed by atoms with E-state index in [2.05, 4.69) is 15.6 Å². The van der Waals surface area contributed by atoms with Crippen LogP contribution in [-0.2, 0) is 19.4 Å². The Morgan fingerprint density at radius 1 is 1.39 bits per heavy atom. The zero-order chi connectivity index (χ0) is 20.4. The van der Waals surface area contributed by atoms with Crippen LogP contribution in [0.3, 0.4) is 0 Å². The molecule has 2 N–H and O–H groups in total. The van der Waals surface area contributed by atoms with E-state index in [0.717, 1.165) is 19.4 Å². The quantitative estimate of drug-likeness (QED) is 0.726. The summed E-state index contributed by atoms with van der Waals surface area (Å²) in [7, 11) is -3.08. The first-order valence-electron chi connectivity index (χ1n) is 9.30. The SMILES string of the molecule is C[C@@]1(NC(=O)CN2CCC[C@@H](C(=O)Nc3ccc(Cl)cn3)C2)CCS(=O)(=O)C1. The van der Waals surface area contributed by atoms with Crippen LogP contribution in [0.15, 0.2) is 18.3 Å². The van der Waals surface area contributed by atoms with Gasteiger partial charge in [-0.05, 0) is 44.9 Å². The number of halogens is 1. The van der Waals surface area contributed by atoms with E-state index in [9.17, 15) is 18.0 Å². The number of anilines is 1. The van der Waals surface area contributed by atoms with Gasteiger partial charge in [0, 0.05) is 12.7 Å². The Kier molecular flexibility index (Phi) is 6.26. The lowest BCUT2D eigenvalue weighted by Crippen LogP contribution is -2.52. The second kappa shape index (κ2) is 8.34. The highest BCUT2D eigenvalue weighted by molar-refractivity contribution is 7.91. The number of pyridine rings is 1. The molecule has 0 aromatic carbocycles. The number of amides is 2. The summed E-state index contributed by atoms with van der Waals surface area (Å²) in [5.74, 6) is -0.0470.